The van der Waals surface area contributed by atoms with Crippen molar-refractivity contribution in [3.05, 3.63) is 62.0 Å². The predicted octanol–water partition coefficient (Wildman–Crippen LogP) is -0.783. The van der Waals surface area contributed by atoms with Crippen LogP contribution in [0.25, 0.3) is 11.2 Å². The number of amides is 2. The van der Waals surface area contributed by atoms with Gasteiger partial charge >= 0.3 is 23.5 Å². The second-order valence-corrected chi connectivity index (χ2v) is 22.4. The minimum Gasteiger partial charge on any atom is -0.390 e. The number of phosphoric ester groups is 3. The van der Waals surface area contributed by atoms with Gasteiger partial charge in [0.1, 0.15) is 48.5 Å². The molecular weight excluding hydrogens is 1080 g/mol. The van der Waals surface area contributed by atoms with Crippen molar-refractivity contribution in [2.75, 3.05) is 44.9 Å². The molecule has 76 heavy (non-hydrogen) atoms. The van der Waals surface area contributed by atoms with E-state index < -0.39 is 84.6 Å². The SMILES string of the molecule is C=C1NC(=O)C=CN1[C@@H]1C[C@H](COP(=O)(O)O)[C@@H](O)[C@H]1O.C=C1NC(=O)C=CN1[C@@H]1C[C@H](COP(=O)(O)O)[C@H]2OC(C)(C)O[C@H]21.CCCCOCCCNc1ncnc2c1ncn2[C@@H]1O[C@H](COP(=O)(O)O)[C@@H](O)[C@H]1O. The van der Waals surface area contributed by atoms with E-state index in [9.17, 15) is 43.7 Å². The number of aliphatic hydroxyl groups excluding tert-OH is 4. The van der Waals surface area contributed by atoms with Gasteiger partial charge < -0.3 is 94.5 Å². The highest BCUT2D eigenvalue weighted by Gasteiger charge is 2.56. The van der Waals surface area contributed by atoms with Crippen LogP contribution < -0.4 is 16.0 Å². The Morgan fingerprint density at radius 2 is 1.29 bits per heavy atom. The maximum absolute atomic E-state index is 11.4. The molecule has 2 aliphatic carbocycles. The van der Waals surface area contributed by atoms with E-state index in [4.69, 9.17) is 48.3 Å². The van der Waals surface area contributed by atoms with Gasteiger partial charge in [-0.2, -0.15) is 0 Å². The van der Waals surface area contributed by atoms with Crippen LogP contribution in [0.2, 0.25) is 0 Å². The lowest BCUT2D eigenvalue weighted by molar-refractivity contribution is -0.162. The number of unbranched alkanes of at least 4 members (excludes halogenated alkanes) is 1. The molecule has 0 aromatic carbocycles. The predicted molar refractivity (Wildman–Crippen MR) is 260 cm³/mol. The summed E-state index contributed by atoms with van der Waals surface area (Å²) in [6, 6.07) is -0.763. The molecule has 0 bridgehead atoms. The molecule has 2 saturated heterocycles. The summed E-state index contributed by atoms with van der Waals surface area (Å²) in [7, 11) is -13.9. The standard InChI is InChI=1S/C17H28N5O8P.C14H21N2O7P.C11H17N2O7P/c1-2-3-6-28-7-4-5-18-15-12-16(20-9-19-15)22(10-21-12)17-14(24)13(23)11(30-17)8-29-31(25,26)27;1-8-15-11(17)4-5-16(8)10-6-9(7-21-24(18,19)20)12-13(10)23-14(2,3)22-12;1-6-12-9(14)2-3-13(6)8-4-7(10(15)11(8)16)5-20-21(17,18)19/h9-11,13-14,17,23-24H,2-8H2,1H3,(H,18,19,20)(H2,25,26,27);4-5,9-10,12-13H,1,6-7H2,2-3H3,(H,15,17)(H2,18,19,20);2-3,7-8,10-11,15-16H,1,4-5H2,(H,12,14)(H2,17,18,19)/t11-,13-,14-,17-;9-,10-,12-,13+;7-,8-,10-,11+/m111/s1. The van der Waals surface area contributed by atoms with Gasteiger partial charge in [-0.05, 0) is 39.5 Å². The summed E-state index contributed by atoms with van der Waals surface area (Å²) in [6.45, 7) is 14.1. The number of aliphatic hydroxyl groups is 4. The van der Waals surface area contributed by atoms with E-state index in [0.717, 1.165) is 25.9 Å². The first-order chi connectivity index (χ1) is 35.6. The van der Waals surface area contributed by atoms with Crippen LogP contribution in [0.3, 0.4) is 0 Å². The van der Waals surface area contributed by atoms with E-state index >= 15 is 0 Å². The van der Waals surface area contributed by atoms with E-state index in [2.05, 4.69) is 64.6 Å². The number of carbonyl (C=O) groups is 2. The first kappa shape index (κ1) is 61.1. The fourth-order valence-corrected chi connectivity index (χ4v) is 10.3. The first-order valence-corrected chi connectivity index (χ1v) is 28.4. The number of nitrogens with zero attached hydrogens (tertiary/aromatic N) is 6. The van der Waals surface area contributed by atoms with E-state index in [0.29, 0.717) is 42.4 Å². The number of rotatable bonds is 20. The van der Waals surface area contributed by atoms with Crippen molar-refractivity contribution in [2.24, 2.45) is 11.8 Å². The summed E-state index contributed by atoms with van der Waals surface area (Å²) < 4.78 is 70.4. The van der Waals surface area contributed by atoms with Gasteiger partial charge in [0.2, 0.25) is 0 Å². The summed E-state index contributed by atoms with van der Waals surface area (Å²) in [5, 5.41) is 48.8. The summed E-state index contributed by atoms with van der Waals surface area (Å²) >= 11 is 0. The maximum atomic E-state index is 11.4. The van der Waals surface area contributed by atoms with Crippen LogP contribution in [0.1, 0.15) is 59.1 Å². The van der Waals surface area contributed by atoms with Crippen molar-refractivity contribution in [3.63, 3.8) is 0 Å². The second-order valence-electron chi connectivity index (χ2n) is 18.7. The van der Waals surface area contributed by atoms with Crippen LogP contribution in [-0.4, -0.2) is 191 Å². The third kappa shape index (κ3) is 16.5. The maximum Gasteiger partial charge on any atom is 0.469 e. The summed E-state index contributed by atoms with van der Waals surface area (Å²) in [4.78, 5) is 91.4. The number of imidazole rings is 1. The van der Waals surface area contributed by atoms with Crippen LogP contribution in [-0.2, 0) is 55.8 Å². The zero-order valence-electron chi connectivity index (χ0n) is 41.5. The molecule has 8 rings (SSSR count). The number of phosphoric acid groups is 3. The van der Waals surface area contributed by atoms with Crippen molar-refractivity contribution in [1.29, 1.82) is 0 Å². The molecule has 426 valence electrons. The van der Waals surface area contributed by atoms with Gasteiger partial charge in [-0.25, -0.2) is 28.6 Å². The molecular formula is C42H66N9O22P3. The van der Waals surface area contributed by atoms with Crippen molar-refractivity contribution < 1.29 is 106 Å². The average molecular weight is 1140 g/mol. The summed E-state index contributed by atoms with van der Waals surface area (Å²) in [5.74, 6) is -1.11. The molecule has 2 saturated carbocycles. The van der Waals surface area contributed by atoms with Gasteiger partial charge in [0, 0.05) is 56.1 Å². The van der Waals surface area contributed by atoms with E-state index in [1.807, 2.05) is 0 Å². The Morgan fingerprint density at radius 3 is 1.88 bits per heavy atom. The number of fused-ring (bicyclic) bond motifs is 2. The minimum atomic E-state index is -4.74. The van der Waals surface area contributed by atoms with E-state index in [-0.39, 0.29) is 61.4 Å². The Balaban J connectivity index is 0.000000189. The van der Waals surface area contributed by atoms with Crippen molar-refractivity contribution in [1.82, 2.24) is 40.0 Å². The van der Waals surface area contributed by atoms with Gasteiger partial charge in [0.05, 0.1) is 50.4 Å². The number of aromatic nitrogens is 4. The number of carbonyl (C=O) groups excluding carboxylic acids is 2. The monoisotopic (exact) mass is 1140 g/mol. The molecule has 0 unspecified atom stereocenters. The molecule has 0 radical (unpaired) electrons. The molecule has 0 spiro atoms. The normalized spacial score (nSPS) is 30.2. The van der Waals surface area contributed by atoms with Crippen LogP contribution >= 0.6 is 23.5 Å². The fourth-order valence-electron chi connectivity index (χ4n) is 9.18. The van der Waals surface area contributed by atoms with Crippen molar-refractivity contribution >= 4 is 52.3 Å². The lowest BCUT2D eigenvalue weighted by Crippen LogP contribution is -2.45. The molecule has 12 atom stereocenters. The van der Waals surface area contributed by atoms with Gasteiger partial charge in [0.25, 0.3) is 11.8 Å². The number of nitrogens with one attached hydrogen (secondary N) is 3. The van der Waals surface area contributed by atoms with Crippen LogP contribution in [0, 0.1) is 11.8 Å². The topological polar surface area (TPSA) is 438 Å². The number of hydrogen-bond acceptors (Lipinski definition) is 22. The first-order valence-electron chi connectivity index (χ1n) is 23.8. The molecule has 34 heteroatoms. The Kier molecular flexibility index (Phi) is 20.7. The quantitative estimate of drug-likeness (QED) is 0.0571. The molecule has 6 aliphatic rings. The third-order valence-electron chi connectivity index (χ3n) is 12.7. The van der Waals surface area contributed by atoms with Gasteiger partial charge in [-0.15, -0.1) is 0 Å². The molecule has 6 heterocycles. The summed E-state index contributed by atoms with van der Waals surface area (Å²) in [6.07, 6.45) is 4.05. The molecule has 2 amide bonds. The van der Waals surface area contributed by atoms with E-state index in [1.54, 1.807) is 24.9 Å². The number of ether oxygens (including phenoxy) is 4. The Bertz CT molecular complexity index is 2580. The number of anilines is 1. The Morgan fingerprint density at radius 1 is 0.737 bits per heavy atom. The highest BCUT2D eigenvalue weighted by atomic mass is 31.2. The molecule has 2 aromatic rings. The number of hydrogen-bond donors (Lipinski definition) is 13. The largest absolute Gasteiger partial charge is 0.469 e. The van der Waals surface area contributed by atoms with Crippen LogP contribution in [0.15, 0.2) is 62.0 Å². The zero-order chi connectivity index (χ0) is 55.9. The molecule has 4 aliphatic heterocycles. The van der Waals surface area contributed by atoms with E-state index in [1.165, 1.54) is 40.5 Å². The fraction of sp³-hybridized carbons (Fsp3) is 0.643. The lowest BCUT2D eigenvalue weighted by atomic mass is 10.1. The average Bonchev–Trinajstić information content (AvgIpc) is 4.12. The smallest absolute Gasteiger partial charge is 0.390 e. The summed E-state index contributed by atoms with van der Waals surface area (Å²) in [5.41, 5.74) is 0.819. The molecule has 4 fully saturated rings. The molecule has 13 N–H and O–H groups in total. The molecule has 31 nitrogen and oxygen atoms in total. The zero-order valence-corrected chi connectivity index (χ0v) is 44.2. The highest BCUT2D eigenvalue weighted by Crippen LogP contribution is 2.47. The third-order valence-corrected chi connectivity index (χ3v) is 14.1. The highest BCUT2D eigenvalue weighted by molar-refractivity contribution is 7.46. The van der Waals surface area contributed by atoms with Crippen molar-refractivity contribution in [3.8, 4) is 0 Å². The van der Waals surface area contributed by atoms with Gasteiger partial charge in [-0.3, -0.25) is 27.7 Å². The van der Waals surface area contributed by atoms with Crippen molar-refractivity contribution in [2.45, 2.75) is 120 Å². The second kappa shape index (κ2) is 25.8. The van der Waals surface area contributed by atoms with Crippen LogP contribution in [0.4, 0.5) is 5.82 Å². The lowest BCUT2D eigenvalue weighted by Gasteiger charge is -2.34. The van der Waals surface area contributed by atoms with Gasteiger partial charge in [0.15, 0.2) is 29.0 Å². The van der Waals surface area contributed by atoms with Gasteiger partial charge in [-0.1, -0.05) is 26.5 Å². The molecule has 2 aromatic heterocycles. The minimum absolute atomic E-state index is 0.141. The Labute approximate surface area is 435 Å². The Hall–Kier alpha value is -4.14. The van der Waals surface area contributed by atoms with Crippen LogP contribution in [0.5, 0.6) is 0 Å².